The van der Waals surface area contributed by atoms with E-state index in [0.29, 0.717) is 12.5 Å². The molecule has 0 bridgehead atoms. The van der Waals surface area contributed by atoms with Gasteiger partial charge in [-0.05, 0) is 18.4 Å². The van der Waals surface area contributed by atoms with Gasteiger partial charge in [0.15, 0.2) is 5.17 Å². The maximum Gasteiger partial charge on any atom is 0.242 e. The SMILES string of the molecule is CC(C)CNC(=O)C(C)NC1=NC(c2ccccc2)CS1. The second kappa shape index (κ2) is 7.50. The summed E-state index contributed by atoms with van der Waals surface area (Å²) < 4.78 is 0. The Morgan fingerprint density at radius 2 is 2.05 bits per heavy atom. The molecular weight excluding hydrogens is 282 g/mol. The minimum atomic E-state index is -0.260. The molecule has 0 radical (unpaired) electrons. The van der Waals surface area contributed by atoms with Crippen molar-refractivity contribution in [3.63, 3.8) is 0 Å². The van der Waals surface area contributed by atoms with Crippen molar-refractivity contribution in [1.29, 1.82) is 0 Å². The van der Waals surface area contributed by atoms with Crippen LogP contribution < -0.4 is 10.6 Å². The van der Waals surface area contributed by atoms with Crippen LogP contribution in [0.3, 0.4) is 0 Å². The van der Waals surface area contributed by atoms with Gasteiger partial charge < -0.3 is 10.6 Å². The smallest absolute Gasteiger partial charge is 0.242 e. The second-order valence-corrected chi connectivity index (χ2v) is 6.69. The number of benzene rings is 1. The van der Waals surface area contributed by atoms with E-state index in [0.717, 1.165) is 10.9 Å². The highest BCUT2D eigenvalue weighted by Crippen LogP contribution is 2.29. The third kappa shape index (κ3) is 4.77. The molecule has 1 aliphatic heterocycles. The number of rotatable bonds is 5. The number of carbonyl (C=O) groups excluding carboxylic acids is 1. The minimum Gasteiger partial charge on any atom is -0.354 e. The summed E-state index contributed by atoms with van der Waals surface area (Å²) in [5.41, 5.74) is 1.22. The number of nitrogens with one attached hydrogen (secondary N) is 2. The molecule has 5 heteroatoms. The van der Waals surface area contributed by atoms with Crippen LogP contribution in [0.1, 0.15) is 32.4 Å². The summed E-state index contributed by atoms with van der Waals surface area (Å²) in [6, 6.07) is 10.2. The highest BCUT2D eigenvalue weighted by molar-refractivity contribution is 8.14. The first kappa shape index (κ1) is 15.9. The fraction of sp³-hybridized carbons (Fsp3) is 0.500. The maximum atomic E-state index is 11.9. The van der Waals surface area contributed by atoms with E-state index in [2.05, 4.69) is 41.6 Å². The molecule has 21 heavy (non-hydrogen) atoms. The summed E-state index contributed by atoms with van der Waals surface area (Å²) in [6.45, 7) is 6.74. The molecule has 1 aromatic carbocycles. The number of nitrogens with zero attached hydrogens (tertiary/aromatic N) is 1. The van der Waals surface area contributed by atoms with Crippen LogP contribution in [-0.2, 0) is 4.79 Å². The summed E-state index contributed by atoms with van der Waals surface area (Å²) >= 11 is 1.67. The topological polar surface area (TPSA) is 53.5 Å². The minimum absolute atomic E-state index is 0.0233. The summed E-state index contributed by atoms with van der Waals surface area (Å²) in [5, 5.41) is 6.99. The van der Waals surface area contributed by atoms with Crippen LogP contribution in [0, 0.1) is 5.92 Å². The Bertz CT molecular complexity index is 502. The van der Waals surface area contributed by atoms with Crippen LogP contribution in [0.4, 0.5) is 0 Å². The van der Waals surface area contributed by atoms with Gasteiger partial charge >= 0.3 is 0 Å². The fourth-order valence-corrected chi connectivity index (χ4v) is 3.05. The number of aliphatic imine (C=N–C) groups is 1. The highest BCUT2D eigenvalue weighted by Gasteiger charge is 2.22. The third-order valence-corrected chi connectivity index (χ3v) is 4.23. The Balaban J connectivity index is 1.87. The Morgan fingerprint density at radius 1 is 1.33 bits per heavy atom. The number of hydrogen-bond acceptors (Lipinski definition) is 4. The number of amides is 1. The summed E-state index contributed by atoms with van der Waals surface area (Å²) in [7, 11) is 0. The molecule has 1 amide bonds. The molecule has 0 spiro atoms. The molecule has 1 aliphatic rings. The lowest BCUT2D eigenvalue weighted by Crippen LogP contribution is -2.44. The third-order valence-electron chi connectivity index (χ3n) is 3.25. The molecule has 0 aromatic heterocycles. The highest BCUT2D eigenvalue weighted by atomic mass is 32.2. The van der Waals surface area contributed by atoms with E-state index in [1.54, 1.807) is 11.8 Å². The molecule has 2 unspecified atom stereocenters. The molecule has 0 aliphatic carbocycles. The van der Waals surface area contributed by atoms with Gasteiger partial charge in [0.25, 0.3) is 0 Å². The van der Waals surface area contributed by atoms with Gasteiger partial charge in [0, 0.05) is 12.3 Å². The van der Waals surface area contributed by atoms with Crippen molar-refractivity contribution < 1.29 is 4.79 Å². The Hall–Kier alpha value is -1.49. The lowest BCUT2D eigenvalue weighted by Gasteiger charge is -2.15. The van der Waals surface area contributed by atoms with Crippen molar-refractivity contribution in [1.82, 2.24) is 10.6 Å². The summed E-state index contributed by atoms with van der Waals surface area (Å²) in [5.74, 6) is 1.41. The quantitative estimate of drug-likeness (QED) is 0.879. The normalized spacial score (nSPS) is 19.2. The molecule has 0 saturated heterocycles. The van der Waals surface area contributed by atoms with Crippen molar-refractivity contribution in [3.05, 3.63) is 35.9 Å². The lowest BCUT2D eigenvalue weighted by atomic mass is 10.1. The zero-order valence-electron chi connectivity index (χ0n) is 12.8. The first-order chi connectivity index (χ1) is 10.1. The van der Waals surface area contributed by atoms with Crippen molar-refractivity contribution in [2.24, 2.45) is 10.9 Å². The molecule has 0 saturated carbocycles. The predicted molar refractivity (Wildman–Crippen MR) is 89.5 cm³/mol. The number of amidine groups is 1. The molecular formula is C16H23N3OS. The van der Waals surface area contributed by atoms with E-state index in [9.17, 15) is 4.79 Å². The molecule has 1 heterocycles. The Labute approximate surface area is 130 Å². The van der Waals surface area contributed by atoms with Gasteiger partial charge in [0.05, 0.1) is 6.04 Å². The van der Waals surface area contributed by atoms with Crippen LogP contribution in [0.15, 0.2) is 35.3 Å². The van der Waals surface area contributed by atoms with Crippen LogP contribution >= 0.6 is 11.8 Å². The number of carbonyl (C=O) groups is 1. The molecule has 2 atom stereocenters. The predicted octanol–water partition coefficient (Wildman–Crippen LogP) is 2.58. The van der Waals surface area contributed by atoms with Crippen LogP contribution in [0.5, 0.6) is 0 Å². The van der Waals surface area contributed by atoms with Crippen molar-refractivity contribution in [2.75, 3.05) is 12.3 Å². The molecule has 1 aromatic rings. The standard InChI is InChI=1S/C16H23N3OS/c1-11(2)9-17-15(20)12(3)18-16-19-14(10-21-16)13-7-5-4-6-8-13/h4-8,11-12,14H,9-10H2,1-3H3,(H,17,20)(H,18,19). The lowest BCUT2D eigenvalue weighted by molar-refractivity contribution is -0.122. The van der Waals surface area contributed by atoms with Gasteiger partial charge in [-0.3, -0.25) is 9.79 Å². The van der Waals surface area contributed by atoms with E-state index in [1.807, 2.05) is 25.1 Å². The van der Waals surface area contributed by atoms with Crippen molar-refractivity contribution in [3.8, 4) is 0 Å². The summed E-state index contributed by atoms with van der Waals surface area (Å²) in [6.07, 6.45) is 0. The first-order valence-corrected chi connectivity index (χ1v) is 8.34. The monoisotopic (exact) mass is 305 g/mol. The van der Waals surface area contributed by atoms with Gasteiger partial charge in [-0.15, -0.1) is 0 Å². The second-order valence-electron chi connectivity index (χ2n) is 5.68. The molecule has 2 rings (SSSR count). The summed E-state index contributed by atoms with van der Waals surface area (Å²) in [4.78, 5) is 16.6. The van der Waals surface area contributed by atoms with Gasteiger partial charge in [0.1, 0.15) is 6.04 Å². The zero-order valence-corrected chi connectivity index (χ0v) is 13.6. The van der Waals surface area contributed by atoms with Crippen LogP contribution in [0.25, 0.3) is 0 Å². The molecule has 2 N–H and O–H groups in total. The molecule has 0 fully saturated rings. The van der Waals surface area contributed by atoms with E-state index in [-0.39, 0.29) is 18.0 Å². The zero-order chi connectivity index (χ0) is 15.2. The van der Waals surface area contributed by atoms with Crippen molar-refractivity contribution in [2.45, 2.75) is 32.9 Å². The van der Waals surface area contributed by atoms with Gasteiger partial charge in [0.2, 0.25) is 5.91 Å². The van der Waals surface area contributed by atoms with Gasteiger partial charge in [-0.2, -0.15) is 0 Å². The van der Waals surface area contributed by atoms with Crippen LogP contribution in [-0.4, -0.2) is 29.4 Å². The molecule has 4 nitrogen and oxygen atoms in total. The van der Waals surface area contributed by atoms with E-state index < -0.39 is 0 Å². The van der Waals surface area contributed by atoms with Gasteiger partial charge in [-0.1, -0.05) is 55.9 Å². The average Bonchev–Trinajstić information content (AvgIpc) is 2.94. The van der Waals surface area contributed by atoms with E-state index in [4.69, 9.17) is 0 Å². The number of thioether (sulfide) groups is 1. The Kier molecular flexibility index (Phi) is 5.67. The number of hydrogen-bond donors (Lipinski definition) is 2. The Morgan fingerprint density at radius 3 is 2.71 bits per heavy atom. The van der Waals surface area contributed by atoms with E-state index >= 15 is 0 Å². The van der Waals surface area contributed by atoms with Crippen LogP contribution in [0.2, 0.25) is 0 Å². The fourth-order valence-electron chi connectivity index (χ4n) is 2.01. The van der Waals surface area contributed by atoms with E-state index in [1.165, 1.54) is 5.56 Å². The first-order valence-electron chi connectivity index (χ1n) is 7.36. The average molecular weight is 305 g/mol. The largest absolute Gasteiger partial charge is 0.354 e. The maximum absolute atomic E-state index is 11.9. The van der Waals surface area contributed by atoms with Gasteiger partial charge in [-0.25, -0.2) is 0 Å². The molecule has 114 valence electrons. The van der Waals surface area contributed by atoms with Crippen molar-refractivity contribution >= 4 is 22.8 Å².